The summed E-state index contributed by atoms with van der Waals surface area (Å²) >= 11 is 3.40. The van der Waals surface area contributed by atoms with E-state index in [1.54, 1.807) is 0 Å². The zero-order valence-corrected chi connectivity index (χ0v) is 17.4. The van der Waals surface area contributed by atoms with Crippen LogP contribution in [0.15, 0.2) is 6.20 Å². The average Bonchev–Trinajstić information content (AvgIpc) is 2.47. The molecule has 0 saturated heterocycles. The van der Waals surface area contributed by atoms with Gasteiger partial charge >= 0.3 is 139 Å². The van der Waals surface area contributed by atoms with Gasteiger partial charge in [0.15, 0.2) is 0 Å². The van der Waals surface area contributed by atoms with Crippen LogP contribution < -0.4 is 9.31 Å². The molecular formula is C16H30ClN3Sn. The summed E-state index contributed by atoms with van der Waals surface area (Å²) in [6, 6.07) is 0. The molecule has 0 radical (unpaired) electrons. The molecule has 0 bridgehead atoms. The van der Waals surface area contributed by atoms with Gasteiger partial charge in [-0.3, -0.25) is 0 Å². The Labute approximate surface area is 139 Å². The van der Waals surface area contributed by atoms with Crippen molar-refractivity contribution in [2.24, 2.45) is 0 Å². The average molecular weight is 419 g/mol. The van der Waals surface area contributed by atoms with Crippen molar-refractivity contribution < 1.29 is 0 Å². The molecule has 1 aromatic rings. The van der Waals surface area contributed by atoms with Crippen LogP contribution in [0.3, 0.4) is 0 Å². The van der Waals surface area contributed by atoms with E-state index >= 15 is 0 Å². The third-order valence-electron chi connectivity index (χ3n) is 4.39. The van der Waals surface area contributed by atoms with Crippen molar-refractivity contribution in [3.05, 3.63) is 11.5 Å². The normalized spacial score (nSPS) is 11.8. The molecule has 3 nitrogen and oxygen atoms in total. The molecule has 0 atom stereocenters. The van der Waals surface area contributed by atoms with Gasteiger partial charge in [0.25, 0.3) is 0 Å². The van der Waals surface area contributed by atoms with Crippen molar-refractivity contribution in [3.8, 4) is 0 Å². The molecule has 2 N–H and O–H groups in total. The number of aromatic nitrogens is 2. The molecule has 0 amide bonds. The van der Waals surface area contributed by atoms with Gasteiger partial charge in [-0.2, -0.15) is 0 Å². The number of nitrogens with zero attached hydrogens (tertiary/aromatic N) is 2. The van der Waals surface area contributed by atoms with Gasteiger partial charge in [0.1, 0.15) is 0 Å². The van der Waals surface area contributed by atoms with Crippen LogP contribution in [-0.2, 0) is 0 Å². The van der Waals surface area contributed by atoms with Gasteiger partial charge in [-0.15, -0.1) is 0 Å². The van der Waals surface area contributed by atoms with E-state index in [-0.39, 0.29) is 5.28 Å². The van der Waals surface area contributed by atoms with Crippen molar-refractivity contribution in [1.82, 2.24) is 9.97 Å². The van der Waals surface area contributed by atoms with E-state index in [1.165, 1.54) is 55.4 Å². The molecule has 0 aliphatic carbocycles. The number of rotatable bonds is 10. The molecule has 0 aliphatic heterocycles. The van der Waals surface area contributed by atoms with Crippen molar-refractivity contribution in [1.29, 1.82) is 0 Å². The maximum absolute atomic E-state index is 6.24. The monoisotopic (exact) mass is 419 g/mol. The zero-order valence-electron chi connectivity index (χ0n) is 13.8. The van der Waals surface area contributed by atoms with Gasteiger partial charge in [0, 0.05) is 0 Å². The second-order valence-corrected chi connectivity index (χ2v) is 19.5. The Morgan fingerprint density at radius 3 is 1.86 bits per heavy atom. The fraction of sp³-hybridized carbons (Fsp3) is 0.750. The number of anilines is 1. The molecule has 0 aliphatic rings. The molecule has 0 aromatic carbocycles. The van der Waals surface area contributed by atoms with Gasteiger partial charge in [0.05, 0.1) is 0 Å². The Morgan fingerprint density at radius 2 is 1.48 bits per heavy atom. The number of nitrogen functional groups attached to an aromatic ring is 1. The minimum atomic E-state index is -2.50. The van der Waals surface area contributed by atoms with Gasteiger partial charge in [-0.25, -0.2) is 0 Å². The molecule has 5 heteroatoms. The predicted octanol–water partition coefficient (Wildman–Crippen LogP) is 4.77. The van der Waals surface area contributed by atoms with Crippen molar-refractivity contribution >= 4 is 39.4 Å². The number of hydrogen-bond acceptors (Lipinski definition) is 3. The Kier molecular flexibility index (Phi) is 8.95. The van der Waals surface area contributed by atoms with E-state index in [0.717, 1.165) is 0 Å². The molecule has 0 fully saturated rings. The van der Waals surface area contributed by atoms with E-state index in [1.807, 2.05) is 6.20 Å². The van der Waals surface area contributed by atoms with Crippen LogP contribution in [0.25, 0.3) is 0 Å². The Bertz CT molecular complexity index is 404. The SMILES string of the molecule is CCC[CH2][Sn]([CH2]CCC)([CH2]CCC)[c]1cnc(Cl)nc1N. The summed E-state index contributed by atoms with van der Waals surface area (Å²) in [4.78, 5) is 8.51. The first-order valence-electron chi connectivity index (χ1n) is 8.38. The van der Waals surface area contributed by atoms with E-state index < -0.39 is 18.4 Å². The molecule has 0 spiro atoms. The molecule has 1 heterocycles. The molecular weight excluding hydrogens is 388 g/mol. The molecule has 1 aromatic heterocycles. The summed E-state index contributed by atoms with van der Waals surface area (Å²) in [6.45, 7) is 6.83. The topological polar surface area (TPSA) is 51.8 Å². The second-order valence-electron chi connectivity index (χ2n) is 6.03. The molecule has 120 valence electrons. The maximum atomic E-state index is 6.24. The number of halogens is 1. The fourth-order valence-electron chi connectivity index (χ4n) is 3.11. The van der Waals surface area contributed by atoms with Crippen LogP contribution in [0, 0.1) is 0 Å². The van der Waals surface area contributed by atoms with Crippen LogP contribution in [0.5, 0.6) is 0 Å². The second kappa shape index (κ2) is 9.88. The molecule has 1 rings (SSSR count). The summed E-state index contributed by atoms with van der Waals surface area (Å²) in [7, 11) is 0. The Morgan fingerprint density at radius 1 is 1.00 bits per heavy atom. The zero-order chi connectivity index (χ0) is 15.7. The Balaban J connectivity index is 3.15. The van der Waals surface area contributed by atoms with Gasteiger partial charge < -0.3 is 0 Å². The standard InChI is InChI=1S/C4H3ClN3.3C4H9.Sn/c5-4-7-2-1-3(6)8-4;3*1-3-4-2;/h2H,(H2,6,7,8);3*1,3-4H2,2H3;. The summed E-state index contributed by atoms with van der Waals surface area (Å²) < 4.78 is 5.45. The van der Waals surface area contributed by atoms with E-state index in [0.29, 0.717) is 5.82 Å². The van der Waals surface area contributed by atoms with Gasteiger partial charge in [-0.1, -0.05) is 0 Å². The summed E-state index contributed by atoms with van der Waals surface area (Å²) in [5.74, 6) is 0.661. The summed E-state index contributed by atoms with van der Waals surface area (Å²) in [6.07, 6.45) is 9.66. The Hall–Kier alpha value is -0.0313. The summed E-state index contributed by atoms with van der Waals surface area (Å²) in [5, 5.41) is 0.276. The first kappa shape index (κ1) is 19.0. The third-order valence-corrected chi connectivity index (χ3v) is 20.2. The molecule has 21 heavy (non-hydrogen) atoms. The predicted molar refractivity (Wildman–Crippen MR) is 96.0 cm³/mol. The van der Waals surface area contributed by atoms with E-state index in [4.69, 9.17) is 17.3 Å². The first-order valence-corrected chi connectivity index (χ1v) is 16.2. The van der Waals surface area contributed by atoms with Crippen molar-refractivity contribution in [3.63, 3.8) is 0 Å². The van der Waals surface area contributed by atoms with E-state index in [9.17, 15) is 0 Å². The third kappa shape index (κ3) is 5.59. The van der Waals surface area contributed by atoms with Crippen molar-refractivity contribution in [2.75, 3.05) is 5.73 Å². The number of hydrogen-bond donors (Lipinski definition) is 1. The minimum absolute atomic E-state index is 0.276. The summed E-state index contributed by atoms with van der Waals surface area (Å²) in [5.41, 5.74) is 6.24. The van der Waals surface area contributed by atoms with Gasteiger partial charge in [0.2, 0.25) is 0 Å². The van der Waals surface area contributed by atoms with Crippen molar-refractivity contribution in [2.45, 2.75) is 72.6 Å². The van der Waals surface area contributed by atoms with Crippen LogP contribution in [0.4, 0.5) is 5.82 Å². The van der Waals surface area contributed by atoms with Crippen LogP contribution in [0.1, 0.15) is 59.3 Å². The first-order chi connectivity index (χ1) is 10.1. The fourth-order valence-corrected chi connectivity index (χ4v) is 19.2. The van der Waals surface area contributed by atoms with E-state index in [2.05, 4.69) is 30.7 Å². The molecule has 0 saturated carbocycles. The van der Waals surface area contributed by atoms with Crippen LogP contribution in [-0.4, -0.2) is 28.3 Å². The van der Waals surface area contributed by atoms with Gasteiger partial charge in [-0.05, 0) is 0 Å². The number of unbranched alkanes of at least 4 members (excludes halogenated alkanes) is 3. The van der Waals surface area contributed by atoms with Crippen LogP contribution in [0.2, 0.25) is 18.6 Å². The number of nitrogens with two attached hydrogens (primary N) is 1. The molecule has 0 unspecified atom stereocenters. The quantitative estimate of drug-likeness (QED) is 0.440. The van der Waals surface area contributed by atoms with Crippen LogP contribution >= 0.6 is 11.6 Å².